The molecule has 118 valence electrons. The highest BCUT2D eigenvalue weighted by Crippen LogP contribution is 2.04. The molecular weight excluding hydrogens is 276 g/mol. The molecule has 0 radical (unpaired) electrons. The molecule has 0 aromatic rings. The quantitative estimate of drug-likeness (QED) is 0.430. The highest BCUT2D eigenvalue weighted by molar-refractivity contribution is 5.86. The Morgan fingerprint density at radius 1 is 1.14 bits per heavy atom. The van der Waals surface area contributed by atoms with E-state index in [0.717, 1.165) is 6.08 Å². The number of carbonyl (C=O) groups excluding carboxylic acids is 1. The molecule has 1 amide bonds. The Kier molecular flexibility index (Phi) is 8.52. The maximum absolute atomic E-state index is 12.3. The summed E-state index contributed by atoms with van der Waals surface area (Å²) in [6.45, 7) is 6.22. The Morgan fingerprint density at radius 3 is 2.10 bits per heavy atom. The number of carboxylic acids is 2. The van der Waals surface area contributed by atoms with Crippen molar-refractivity contribution in [3.8, 4) is 0 Å². The highest BCUT2D eigenvalue weighted by atomic mass is 16.4. The zero-order valence-electron chi connectivity index (χ0n) is 12.5. The van der Waals surface area contributed by atoms with Crippen molar-refractivity contribution in [1.82, 2.24) is 10.2 Å². The number of allylic oxidation sites excluding steroid dienone is 2. The van der Waals surface area contributed by atoms with Crippen LogP contribution in [-0.4, -0.2) is 52.1 Å². The van der Waals surface area contributed by atoms with Gasteiger partial charge in [0.15, 0.2) is 0 Å². The lowest BCUT2D eigenvalue weighted by Gasteiger charge is -2.25. The van der Waals surface area contributed by atoms with Crippen LogP contribution in [0.5, 0.6) is 0 Å². The van der Waals surface area contributed by atoms with Gasteiger partial charge in [0, 0.05) is 24.9 Å². The molecule has 0 rings (SSSR count). The number of hydrogen-bond donors (Lipinski definition) is 3. The van der Waals surface area contributed by atoms with Gasteiger partial charge in [-0.15, -0.1) is 0 Å². The second kappa shape index (κ2) is 9.57. The lowest BCUT2D eigenvalue weighted by atomic mass is 10.1. The number of aliphatic carboxylic acids is 2. The lowest BCUT2D eigenvalue weighted by Crippen LogP contribution is -2.47. The van der Waals surface area contributed by atoms with Gasteiger partial charge < -0.3 is 20.4 Å². The second-order valence-corrected chi connectivity index (χ2v) is 4.22. The molecule has 0 aliphatic carbocycles. The molecule has 0 heterocycles. The van der Waals surface area contributed by atoms with Crippen molar-refractivity contribution in [3.63, 3.8) is 0 Å². The summed E-state index contributed by atoms with van der Waals surface area (Å²) in [7, 11) is 0. The molecule has 0 aliphatic heterocycles. The van der Waals surface area contributed by atoms with Crippen molar-refractivity contribution in [3.05, 3.63) is 23.9 Å². The number of hydrogen-bond acceptors (Lipinski definition) is 4. The summed E-state index contributed by atoms with van der Waals surface area (Å²) >= 11 is 0. The maximum atomic E-state index is 12.3. The molecule has 1 atom stereocenters. The van der Waals surface area contributed by atoms with Gasteiger partial charge in [0.1, 0.15) is 6.04 Å². The first kappa shape index (κ1) is 18.7. The molecule has 0 saturated carbocycles. The van der Waals surface area contributed by atoms with Crippen LogP contribution >= 0.6 is 0 Å². The number of nitrogens with zero attached hydrogens (tertiary/aromatic N) is 1. The van der Waals surface area contributed by atoms with E-state index in [1.54, 1.807) is 26.8 Å². The number of carboxylic acid groups (broad SMARTS) is 2. The predicted molar refractivity (Wildman–Crippen MR) is 77.6 cm³/mol. The van der Waals surface area contributed by atoms with Crippen molar-refractivity contribution >= 4 is 17.8 Å². The van der Waals surface area contributed by atoms with E-state index in [0.29, 0.717) is 18.8 Å². The van der Waals surface area contributed by atoms with Crippen LogP contribution in [0.25, 0.3) is 0 Å². The van der Waals surface area contributed by atoms with E-state index in [9.17, 15) is 14.4 Å². The summed E-state index contributed by atoms with van der Waals surface area (Å²) in [4.78, 5) is 35.2. The smallest absolute Gasteiger partial charge is 0.328 e. The number of likely N-dealkylation sites (N-methyl/N-ethyl adjacent to an activating group) is 1. The van der Waals surface area contributed by atoms with Crippen molar-refractivity contribution < 1.29 is 24.6 Å². The fourth-order valence-electron chi connectivity index (χ4n) is 1.72. The van der Waals surface area contributed by atoms with Gasteiger partial charge in [-0.3, -0.25) is 9.59 Å². The number of nitrogens with one attached hydrogen (secondary N) is 1. The van der Waals surface area contributed by atoms with E-state index in [-0.39, 0.29) is 12.3 Å². The summed E-state index contributed by atoms with van der Waals surface area (Å²) in [5, 5.41) is 20.3. The molecule has 3 N–H and O–H groups in total. The van der Waals surface area contributed by atoms with Gasteiger partial charge in [0.05, 0.1) is 6.42 Å². The van der Waals surface area contributed by atoms with Gasteiger partial charge >= 0.3 is 11.9 Å². The molecular formula is C14H22N2O5. The minimum absolute atomic E-state index is 0.328. The Hall–Kier alpha value is -2.31. The largest absolute Gasteiger partial charge is 0.481 e. The van der Waals surface area contributed by atoms with Crippen molar-refractivity contribution in [2.75, 3.05) is 13.1 Å². The normalized spacial score (nSPS) is 13.0. The molecule has 7 nitrogen and oxygen atoms in total. The third-order valence-electron chi connectivity index (χ3n) is 2.81. The summed E-state index contributed by atoms with van der Waals surface area (Å²) in [6, 6.07) is -0.938. The van der Waals surface area contributed by atoms with Crippen LogP contribution in [0, 0.1) is 0 Å². The van der Waals surface area contributed by atoms with Gasteiger partial charge in [-0.05, 0) is 26.8 Å². The van der Waals surface area contributed by atoms with Crippen LogP contribution in [-0.2, 0) is 14.4 Å². The maximum Gasteiger partial charge on any atom is 0.328 e. The molecule has 0 spiro atoms. The zero-order valence-corrected chi connectivity index (χ0v) is 12.5. The fourth-order valence-corrected chi connectivity index (χ4v) is 1.72. The number of rotatable bonds is 9. The molecule has 0 fully saturated rings. The van der Waals surface area contributed by atoms with Gasteiger partial charge in [-0.2, -0.15) is 0 Å². The van der Waals surface area contributed by atoms with E-state index in [1.165, 1.54) is 11.0 Å². The van der Waals surface area contributed by atoms with Crippen LogP contribution in [0.2, 0.25) is 0 Å². The lowest BCUT2D eigenvalue weighted by molar-refractivity contribution is -0.142. The standard InChI is InChI=1S/C14H22N2O5/c1-4-10(7-8-12(17)18)15-11(9-13(19)20)14(21)16(5-2)6-3/h4,7-8,11,15H,5-6,9H2,1-3H3,(H,17,18)(H,19,20)/b8-7-,10-4?. The van der Waals surface area contributed by atoms with Crippen molar-refractivity contribution in [2.24, 2.45) is 0 Å². The monoisotopic (exact) mass is 298 g/mol. The molecule has 0 saturated heterocycles. The SMILES string of the molecule is CC=C(/C=C\C(=O)O)NC(CC(=O)O)C(=O)N(CC)CC. The average Bonchev–Trinajstić information content (AvgIpc) is 2.42. The highest BCUT2D eigenvalue weighted by Gasteiger charge is 2.25. The van der Waals surface area contributed by atoms with E-state index < -0.39 is 18.0 Å². The third-order valence-corrected chi connectivity index (χ3v) is 2.81. The Morgan fingerprint density at radius 2 is 1.71 bits per heavy atom. The predicted octanol–water partition coefficient (Wildman–Crippen LogP) is 0.832. The summed E-state index contributed by atoms with van der Waals surface area (Å²) in [6.07, 6.45) is 3.39. The van der Waals surface area contributed by atoms with E-state index in [4.69, 9.17) is 10.2 Å². The minimum atomic E-state index is -1.12. The molecule has 21 heavy (non-hydrogen) atoms. The van der Waals surface area contributed by atoms with Crippen LogP contribution in [0.4, 0.5) is 0 Å². The number of amides is 1. The molecule has 0 aromatic heterocycles. The number of carbonyl (C=O) groups is 3. The van der Waals surface area contributed by atoms with Crippen LogP contribution in [0.15, 0.2) is 23.9 Å². The van der Waals surface area contributed by atoms with Gasteiger partial charge in [-0.25, -0.2) is 4.79 Å². The third kappa shape index (κ3) is 7.14. The molecule has 0 aliphatic rings. The van der Waals surface area contributed by atoms with Gasteiger partial charge in [0.25, 0.3) is 0 Å². The minimum Gasteiger partial charge on any atom is -0.481 e. The first-order valence-corrected chi connectivity index (χ1v) is 6.70. The Balaban J connectivity index is 5.10. The molecule has 7 heteroatoms. The van der Waals surface area contributed by atoms with Crippen LogP contribution in [0.1, 0.15) is 27.2 Å². The second-order valence-electron chi connectivity index (χ2n) is 4.22. The zero-order chi connectivity index (χ0) is 16.4. The summed E-state index contributed by atoms with van der Waals surface area (Å²) in [5.74, 6) is -2.56. The van der Waals surface area contributed by atoms with Crippen LogP contribution in [0.3, 0.4) is 0 Å². The first-order valence-electron chi connectivity index (χ1n) is 6.70. The summed E-state index contributed by atoms with van der Waals surface area (Å²) < 4.78 is 0. The first-order chi connectivity index (χ1) is 9.85. The Bertz CT molecular complexity index is 439. The molecule has 0 bridgehead atoms. The van der Waals surface area contributed by atoms with Gasteiger partial charge in [0.2, 0.25) is 5.91 Å². The van der Waals surface area contributed by atoms with Gasteiger partial charge in [-0.1, -0.05) is 6.08 Å². The van der Waals surface area contributed by atoms with Crippen molar-refractivity contribution in [2.45, 2.75) is 33.2 Å². The fraction of sp³-hybridized carbons (Fsp3) is 0.500. The van der Waals surface area contributed by atoms with E-state index >= 15 is 0 Å². The molecule has 0 aromatic carbocycles. The van der Waals surface area contributed by atoms with Crippen molar-refractivity contribution in [1.29, 1.82) is 0 Å². The Labute approximate surface area is 123 Å². The average molecular weight is 298 g/mol. The molecule has 1 unspecified atom stereocenters. The van der Waals surface area contributed by atoms with E-state index in [1.807, 2.05) is 0 Å². The van der Waals surface area contributed by atoms with Crippen LogP contribution < -0.4 is 5.32 Å². The summed E-state index contributed by atoms with van der Waals surface area (Å²) in [5.41, 5.74) is 0.379. The topological polar surface area (TPSA) is 107 Å². The van der Waals surface area contributed by atoms with E-state index in [2.05, 4.69) is 5.32 Å².